The maximum absolute atomic E-state index is 12.9. The van der Waals surface area contributed by atoms with Crippen LogP contribution in [0.3, 0.4) is 0 Å². The van der Waals surface area contributed by atoms with Crippen molar-refractivity contribution in [1.29, 1.82) is 0 Å². The molecule has 124 valence electrons. The number of hydrogen-bond acceptors (Lipinski definition) is 3. The first-order valence-corrected chi connectivity index (χ1v) is 8.24. The molecule has 1 aliphatic heterocycles. The largest absolute Gasteiger partial charge is 0.377 e. The molecule has 3 rings (SSSR count). The van der Waals surface area contributed by atoms with Crippen LogP contribution in [0.5, 0.6) is 0 Å². The van der Waals surface area contributed by atoms with Gasteiger partial charge in [-0.3, -0.25) is 9.59 Å². The Balaban J connectivity index is 1.77. The van der Waals surface area contributed by atoms with Gasteiger partial charge in [-0.25, -0.2) is 0 Å². The van der Waals surface area contributed by atoms with Gasteiger partial charge in [-0.05, 0) is 37.3 Å². The van der Waals surface area contributed by atoms with Crippen LogP contribution < -0.4 is 5.32 Å². The lowest BCUT2D eigenvalue weighted by molar-refractivity contribution is -0.149. The number of ether oxygens (including phenoxy) is 1. The normalized spacial score (nSPS) is 24.3. The Kier molecular flexibility index (Phi) is 4.39. The molecule has 1 aromatic rings. The van der Waals surface area contributed by atoms with Crippen LogP contribution in [0.25, 0.3) is 0 Å². The summed E-state index contributed by atoms with van der Waals surface area (Å²) in [5.41, 5.74) is 1.39. The highest BCUT2D eigenvalue weighted by molar-refractivity contribution is 5.91. The molecular formula is C18H24N2O3. The van der Waals surface area contributed by atoms with Crippen LogP contribution in [0.4, 0.5) is 5.69 Å². The lowest BCUT2D eigenvalue weighted by Gasteiger charge is -2.45. The number of para-hydroxylation sites is 1. The fourth-order valence-electron chi connectivity index (χ4n) is 3.47. The first-order valence-electron chi connectivity index (χ1n) is 8.24. The van der Waals surface area contributed by atoms with Crippen LogP contribution in [0, 0.1) is 5.92 Å². The lowest BCUT2D eigenvalue weighted by atomic mass is 9.92. The van der Waals surface area contributed by atoms with E-state index in [9.17, 15) is 9.59 Å². The zero-order valence-electron chi connectivity index (χ0n) is 13.8. The molecule has 1 atom stereocenters. The number of carbonyl (C=O) groups excluding carboxylic acids is 2. The number of carbonyl (C=O) groups is 2. The van der Waals surface area contributed by atoms with Crippen molar-refractivity contribution in [3.8, 4) is 0 Å². The number of nitrogens with one attached hydrogen (secondary N) is 1. The molecule has 1 aliphatic carbocycles. The van der Waals surface area contributed by atoms with Crippen LogP contribution >= 0.6 is 0 Å². The number of benzene rings is 1. The summed E-state index contributed by atoms with van der Waals surface area (Å²) in [6, 6.07) is 7.50. The number of anilines is 1. The van der Waals surface area contributed by atoms with Gasteiger partial charge in [0.15, 0.2) is 0 Å². The third-order valence-electron chi connectivity index (χ3n) is 4.90. The van der Waals surface area contributed by atoms with E-state index in [1.807, 2.05) is 29.2 Å². The molecule has 0 spiro atoms. The molecule has 23 heavy (non-hydrogen) atoms. The summed E-state index contributed by atoms with van der Waals surface area (Å²) < 4.78 is 5.64. The van der Waals surface area contributed by atoms with Crippen molar-refractivity contribution in [1.82, 2.24) is 4.90 Å². The van der Waals surface area contributed by atoms with E-state index in [1.165, 1.54) is 19.8 Å². The SMILES string of the molecule is CC(=O)Nc1ccccc1CC(=O)N1CCOCC1(C)C1CC1. The van der Waals surface area contributed by atoms with E-state index >= 15 is 0 Å². The van der Waals surface area contributed by atoms with Gasteiger partial charge < -0.3 is 15.0 Å². The van der Waals surface area contributed by atoms with Crippen LogP contribution in [0.1, 0.15) is 32.3 Å². The van der Waals surface area contributed by atoms with Gasteiger partial charge in [-0.2, -0.15) is 0 Å². The topological polar surface area (TPSA) is 58.6 Å². The van der Waals surface area contributed by atoms with Gasteiger partial charge in [0.1, 0.15) is 0 Å². The third-order valence-corrected chi connectivity index (χ3v) is 4.90. The highest BCUT2D eigenvalue weighted by atomic mass is 16.5. The Morgan fingerprint density at radius 3 is 2.78 bits per heavy atom. The summed E-state index contributed by atoms with van der Waals surface area (Å²) in [7, 11) is 0. The minimum Gasteiger partial charge on any atom is -0.377 e. The summed E-state index contributed by atoms with van der Waals surface area (Å²) in [4.78, 5) is 26.2. The van der Waals surface area contributed by atoms with Crippen molar-refractivity contribution in [2.24, 2.45) is 5.92 Å². The molecule has 0 radical (unpaired) electrons. The smallest absolute Gasteiger partial charge is 0.227 e. The molecule has 2 amide bonds. The maximum Gasteiger partial charge on any atom is 0.227 e. The third kappa shape index (κ3) is 3.39. The molecule has 1 unspecified atom stereocenters. The molecule has 1 heterocycles. The van der Waals surface area contributed by atoms with Gasteiger partial charge in [-0.1, -0.05) is 18.2 Å². The Morgan fingerprint density at radius 1 is 1.35 bits per heavy atom. The van der Waals surface area contributed by atoms with Crippen molar-refractivity contribution in [2.45, 2.75) is 38.6 Å². The van der Waals surface area contributed by atoms with E-state index in [-0.39, 0.29) is 17.4 Å². The fourth-order valence-corrected chi connectivity index (χ4v) is 3.47. The van der Waals surface area contributed by atoms with E-state index in [0.29, 0.717) is 32.1 Å². The minimum atomic E-state index is -0.182. The second-order valence-electron chi connectivity index (χ2n) is 6.74. The average molecular weight is 316 g/mol. The van der Waals surface area contributed by atoms with Crippen molar-refractivity contribution >= 4 is 17.5 Å². The molecule has 2 fully saturated rings. The molecule has 1 N–H and O–H groups in total. The number of amides is 2. The molecule has 1 saturated heterocycles. The standard InChI is InChI=1S/C18H24N2O3/c1-13(21)19-16-6-4-3-5-14(16)11-17(22)20-9-10-23-12-18(20,2)15-7-8-15/h3-6,15H,7-12H2,1-2H3,(H,19,21). The van der Waals surface area contributed by atoms with Gasteiger partial charge in [0.25, 0.3) is 0 Å². The quantitative estimate of drug-likeness (QED) is 0.926. The second kappa shape index (κ2) is 6.32. The molecule has 0 aromatic heterocycles. The Labute approximate surface area is 137 Å². The summed E-state index contributed by atoms with van der Waals surface area (Å²) >= 11 is 0. The molecule has 5 heteroatoms. The Morgan fingerprint density at radius 2 is 2.09 bits per heavy atom. The van der Waals surface area contributed by atoms with E-state index in [1.54, 1.807) is 0 Å². The van der Waals surface area contributed by atoms with Crippen LogP contribution in [0.2, 0.25) is 0 Å². The molecule has 1 saturated carbocycles. The second-order valence-corrected chi connectivity index (χ2v) is 6.74. The Bertz CT molecular complexity index is 612. The van der Waals surface area contributed by atoms with Gasteiger partial charge in [0, 0.05) is 19.2 Å². The highest BCUT2D eigenvalue weighted by Gasteiger charge is 2.49. The molecule has 1 aromatic carbocycles. The number of nitrogens with zero attached hydrogens (tertiary/aromatic N) is 1. The van der Waals surface area contributed by atoms with E-state index in [0.717, 1.165) is 11.3 Å². The first kappa shape index (κ1) is 16.0. The van der Waals surface area contributed by atoms with Crippen molar-refractivity contribution < 1.29 is 14.3 Å². The summed E-state index contributed by atoms with van der Waals surface area (Å²) in [5, 5.41) is 2.80. The highest BCUT2D eigenvalue weighted by Crippen LogP contribution is 2.44. The number of morpholine rings is 1. The lowest BCUT2D eigenvalue weighted by Crippen LogP contribution is -2.59. The number of hydrogen-bond donors (Lipinski definition) is 1. The average Bonchev–Trinajstić information content (AvgIpc) is 3.34. The fraction of sp³-hybridized carbons (Fsp3) is 0.556. The summed E-state index contributed by atoms with van der Waals surface area (Å²) in [6.07, 6.45) is 2.65. The van der Waals surface area contributed by atoms with Gasteiger partial charge >= 0.3 is 0 Å². The van der Waals surface area contributed by atoms with Crippen molar-refractivity contribution in [3.05, 3.63) is 29.8 Å². The van der Waals surface area contributed by atoms with Crippen LogP contribution in [0.15, 0.2) is 24.3 Å². The Hall–Kier alpha value is -1.88. The minimum absolute atomic E-state index is 0.112. The van der Waals surface area contributed by atoms with Crippen LogP contribution in [-0.4, -0.2) is 42.0 Å². The molecule has 2 aliphatic rings. The van der Waals surface area contributed by atoms with E-state index in [4.69, 9.17) is 4.74 Å². The van der Waals surface area contributed by atoms with E-state index < -0.39 is 0 Å². The molecular weight excluding hydrogens is 292 g/mol. The van der Waals surface area contributed by atoms with Crippen LogP contribution in [-0.2, 0) is 20.7 Å². The number of rotatable bonds is 4. The van der Waals surface area contributed by atoms with Gasteiger partial charge in [0.05, 0.1) is 25.2 Å². The molecule has 0 bridgehead atoms. The summed E-state index contributed by atoms with van der Waals surface area (Å²) in [5.74, 6) is 0.539. The van der Waals surface area contributed by atoms with Gasteiger partial charge in [0.2, 0.25) is 11.8 Å². The summed E-state index contributed by atoms with van der Waals surface area (Å²) in [6.45, 7) is 5.48. The first-order chi connectivity index (χ1) is 11.0. The maximum atomic E-state index is 12.9. The van der Waals surface area contributed by atoms with Gasteiger partial charge in [-0.15, -0.1) is 0 Å². The molecule has 5 nitrogen and oxygen atoms in total. The predicted octanol–water partition coefficient (Wildman–Crippen LogP) is 2.21. The van der Waals surface area contributed by atoms with Crippen molar-refractivity contribution in [2.75, 3.05) is 25.1 Å². The monoisotopic (exact) mass is 316 g/mol. The van der Waals surface area contributed by atoms with Crippen molar-refractivity contribution in [3.63, 3.8) is 0 Å². The zero-order valence-corrected chi connectivity index (χ0v) is 13.8. The van der Waals surface area contributed by atoms with E-state index in [2.05, 4.69) is 12.2 Å². The zero-order chi connectivity index (χ0) is 16.4. The predicted molar refractivity (Wildman–Crippen MR) is 88.1 cm³/mol.